The van der Waals surface area contributed by atoms with Crippen molar-refractivity contribution in [3.8, 4) is 17.0 Å². The molecule has 4 heterocycles. The van der Waals surface area contributed by atoms with Crippen molar-refractivity contribution < 1.29 is 13.9 Å². The highest BCUT2D eigenvalue weighted by molar-refractivity contribution is 6.34. The molecule has 0 unspecified atom stereocenters. The van der Waals surface area contributed by atoms with Crippen LogP contribution in [-0.2, 0) is 4.74 Å². The van der Waals surface area contributed by atoms with E-state index in [1.807, 2.05) is 24.3 Å². The summed E-state index contributed by atoms with van der Waals surface area (Å²) in [5.74, 6) is 0.872. The van der Waals surface area contributed by atoms with Gasteiger partial charge in [0.1, 0.15) is 17.0 Å². The maximum Gasteiger partial charge on any atom is 0.300 e. The van der Waals surface area contributed by atoms with Crippen molar-refractivity contribution in [2.24, 2.45) is 0 Å². The van der Waals surface area contributed by atoms with Crippen molar-refractivity contribution >= 4 is 51.4 Å². The fraction of sp³-hybridized carbons (Fsp3) is 0.379. The van der Waals surface area contributed by atoms with Gasteiger partial charge in [-0.05, 0) is 37.8 Å². The summed E-state index contributed by atoms with van der Waals surface area (Å²) < 4.78 is 18.7. The van der Waals surface area contributed by atoms with E-state index in [0.29, 0.717) is 33.9 Å². The molecule has 7 rings (SSSR count). The zero-order valence-electron chi connectivity index (χ0n) is 22.7. The Morgan fingerprint density at radius 2 is 1.78 bits per heavy atom. The summed E-state index contributed by atoms with van der Waals surface area (Å²) in [5, 5.41) is 9.62. The Kier molecular flexibility index (Phi) is 6.85. The number of ether oxygens (including phenoxy) is 2. The number of fused-ring (bicyclic) bond motifs is 2. The first-order valence-electron chi connectivity index (χ1n) is 13.9. The Labute approximate surface area is 241 Å². The van der Waals surface area contributed by atoms with Crippen LogP contribution in [0.1, 0.15) is 31.7 Å². The minimum absolute atomic E-state index is 0.253. The molecule has 1 aliphatic carbocycles. The van der Waals surface area contributed by atoms with Crippen LogP contribution >= 0.6 is 11.6 Å². The van der Waals surface area contributed by atoms with Crippen molar-refractivity contribution in [1.29, 1.82) is 0 Å². The zero-order valence-corrected chi connectivity index (χ0v) is 23.5. The molecule has 0 radical (unpaired) electrons. The maximum absolute atomic E-state index is 6.33. The normalized spacial score (nSPS) is 20.0. The Balaban J connectivity index is 1.12. The van der Waals surface area contributed by atoms with E-state index in [4.69, 9.17) is 36.3 Å². The number of nitrogen functional groups attached to an aromatic ring is 1. The number of halogens is 1. The van der Waals surface area contributed by atoms with Crippen LogP contribution in [0, 0.1) is 0 Å². The minimum atomic E-state index is 0.253. The highest BCUT2D eigenvalue weighted by Gasteiger charge is 2.30. The van der Waals surface area contributed by atoms with Crippen LogP contribution in [-0.4, -0.2) is 69.1 Å². The largest absolute Gasteiger partial charge is 0.497 e. The fourth-order valence-corrected chi connectivity index (χ4v) is 6.23. The molecular weight excluding hydrogens is 544 g/mol. The van der Waals surface area contributed by atoms with Gasteiger partial charge in [0.25, 0.3) is 6.01 Å². The van der Waals surface area contributed by atoms with Gasteiger partial charge in [0.05, 0.1) is 36.8 Å². The molecule has 0 amide bonds. The second-order valence-electron chi connectivity index (χ2n) is 10.5. The highest BCUT2D eigenvalue weighted by atomic mass is 35.5. The van der Waals surface area contributed by atoms with Crippen LogP contribution in [0.4, 0.5) is 17.7 Å². The monoisotopic (exact) mass is 574 g/mol. The van der Waals surface area contributed by atoms with E-state index in [1.165, 1.54) is 0 Å². The molecule has 0 spiro atoms. The van der Waals surface area contributed by atoms with Crippen molar-refractivity contribution in [2.75, 3.05) is 44.5 Å². The topological polar surface area (TPSA) is 129 Å². The smallest absolute Gasteiger partial charge is 0.300 e. The van der Waals surface area contributed by atoms with E-state index in [9.17, 15) is 0 Å². The predicted octanol–water partition coefficient (Wildman–Crippen LogP) is 5.44. The number of methoxy groups -OCH3 is 1. The predicted molar refractivity (Wildman–Crippen MR) is 158 cm³/mol. The summed E-state index contributed by atoms with van der Waals surface area (Å²) in [7, 11) is 1.59. The lowest BCUT2D eigenvalue weighted by Gasteiger charge is -2.38. The maximum atomic E-state index is 6.33. The Morgan fingerprint density at radius 3 is 2.54 bits per heavy atom. The number of anilines is 3. The Bertz CT molecular complexity index is 1690. The molecule has 2 fully saturated rings. The lowest BCUT2D eigenvalue weighted by Crippen LogP contribution is -2.45. The van der Waals surface area contributed by atoms with Crippen molar-refractivity contribution in [3.63, 3.8) is 0 Å². The second kappa shape index (κ2) is 10.8. The van der Waals surface area contributed by atoms with E-state index in [0.717, 1.165) is 80.0 Å². The third-order valence-electron chi connectivity index (χ3n) is 8.10. The van der Waals surface area contributed by atoms with Crippen LogP contribution in [0.15, 0.2) is 47.0 Å². The summed E-state index contributed by atoms with van der Waals surface area (Å²) >= 11 is 6.33. The number of nitrogens with zero attached hydrogens (tertiary/aromatic N) is 6. The molecule has 5 aromatic rings. The average molecular weight is 575 g/mol. The molecule has 212 valence electrons. The number of rotatable bonds is 6. The van der Waals surface area contributed by atoms with Crippen LogP contribution in [0.3, 0.4) is 0 Å². The molecule has 3 N–H and O–H groups in total. The standard InChI is InChI=1S/C29H31ClN8O3/c1-39-21-14-23(30)26-24(15-21)34-29(41-26)33-18-4-2-17(3-5-18)25-22-16-32-28(31)35-27(22)38(36-25)20-8-6-19(7-9-20)37-10-12-40-13-11-37/h2-5,14-16,19-20H,6-13H2,1H3,(H,33,34)(H2,31,32,35). The first kappa shape index (κ1) is 26.0. The molecule has 2 aromatic carbocycles. The molecule has 0 bridgehead atoms. The lowest BCUT2D eigenvalue weighted by atomic mass is 9.90. The van der Waals surface area contributed by atoms with Crippen LogP contribution < -0.4 is 15.8 Å². The summed E-state index contributed by atoms with van der Waals surface area (Å²) in [6.45, 7) is 3.70. The fourth-order valence-electron chi connectivity index (χ4n) is 5.99. The molecule has 1 aliphatic heterocycles. The third kappa shape index (κ3) is 5.05. The number of benzene rings is 2. The molecule has 1 saturated heterocycles. The van der Waals surface area contributed by atoms with Gasteiger partial charge in [-0.3, -0.25) is 4.90 Å². The third-order valence-corrected chi connectivity index (χ3v) is 8.39. The summed E-state index contributed by atoms with van der Waals surface area (Å²) in [4.78, 5) is 16.0. The van der Waals surface area contributed by atoms with Gasteiger partial charge in [-0.15, -0.1) is 0 Å². The van der Waals surface area contributed by atoms with E-state index >= 15 is 0 Å². The molecule has 12 heteroatoms. The number of aromatic nitrogens is 5. The van der Waals surface area contributed by atoms with Crippen LogP contribution in [0.25, 0.3) is 33.4 Å². The minimum Gasteiger partial charge on any atom is -0.497 e. The van der Waals surface area contributed by atoms with Gasteiger partial charge < -0.3 is 24.9 Å². The lowest BCUT2D eigenvalue weighted by molar-refractivity contribution is 0.00520. The van der Waals surface area contributed by atoms with Crippen LogP contribution in [0.2, 0.25) is 5.02 Å². The van der Waals surface area contributed by atoms with Gasteiger partial charge in [-0.2, -0.15) is 15.1 Å². The summed E-state index contributed by atoms with van der Waals surface area (Å²) in [5.41, 5.74) is 10.5. The molecule has 0 atom stereocenters. The summed E-state index contributed by atoms with van der Waals surface area (Å²) in [6.07, 6.45) is 6.14. The van der Waals surface area contributed by atoms with E-state index in [-0.39, 0.29) is 12.0 Å². The van der Waals surface area contributed by atoms with Crippen molar-refractivity contribution in [2.45, 2.75) is 37.8 Å². The summed E-state index contributed by atoms with van der Waals surface area (Å²) in [6, 6.07) is 12.6. The Hall–Kier alpha value is -3.93. The molecule has 3 aromatic heterocycles. The van der Waals surface area contributed by atoms with Gasteiger partial charge in [-0.25, -0.2) is 9.67 Å². The van der Waals surface area contributed by atoms with Gasteiger partial charge in [0.2, 0.25) is 5.95 Å². The molecular formula is C29H31ClN8O3. The Morgan fingerprint density at radius 1 is 1.02 bits per heavy atom. The van der Waals surface area contributed by atoms with Gasteiger partial charge in [-0.1, -0.05) is 23.7 Å². The van der Waals surface area contributed by atoms with Crippen LogP contribution in [0.5, 0.6) is 5.75 Å². The van der Waals surface area contributed by atoms with Crippen molar-refractivity contribution in [1.82, 2.24) is 29.6 Å². The SMILES string of the molecule is COc1cc(Cl)c2oc(Nc3ccc(-c4nn(C5CCC(N6CCOCC6)CC5)c5nc(N)ncc45)cc3)nc2c1. The van der Waals surface area contributed by atoms with Gasteiger partial charge in [0.15, 0.2) is 11.2 Å². The van der Waals surface area contributed by atoms with E-state index in [1.54, 1.807) is 25.4 Å². The van der Waals surface area contributed by atoms with E-state index in [2.05, 4.69) is 29.9 Å². The molecule has 1 saturated carbocycles. The van der Waals surface area contributed by atoms with Gasteiger partial charge in [0, 0.05) is 48.7 Å². The number of oxazole rings is 1. The van der Waals surface area contributed by atoms with E-state index < -0.39 is 0 Å². The van der Waals surface area contributed by atoms with Crippen molar-refractivity contribution in [3.05, 3.63) is 47.6 Å². The average Bonchev–Trinajstić information content (AvgIpc) is 3.59. The first-order chi connectivity index (χ1) is 20.1. The van der Waals surface area contributed by atoms with Gasteiger partial charge >= 0.3 is 0 Å². The molecule has 2 aliphatic rings. The zero-order chi connectivity index (χ0) is 27.9. The quantitative estimate of drug-likeness (QED) is 0.270. The number of nitrogens with one attached hydrogen (secondary N) is 1. The first-order valence-corrected chi connectivity index (χ1v) is 14.3. The highest BCUT2D eigenvalue weighted by Crippen LogP contribution is 2.37. The number of morpholine rings is 1. The second-order valence-corrected chi connectivity index (χ2v) is 11.0. The number of hydrogen-bond acceptors (Lipinski definition) is 10. The number of hydrogen-bond donors (Lipinski definition) is 2. The molecule has 41 heavy (non-hydrogen) atoms. The number of nitrogens with two attached hydrogens (primary N) is 1. The molecule has 11 nitrogen and oxygen atoms in total.